The number of aromatic nitrogens is 1. The Morgan fingerprint density at radius 2 is 1.68 bits per heavy atom. The van der Waals surface area contributed by atoms with Crippen LogP contribution in [0.3, 0.4) is 0 Å². The summed E-state index contributed by atoms with van der Waals surface area (Å²) in [4.78, 5) is 4.38. The molecule has 0 bridgehead atoms. The van der Waals surface area contributed by atoms with Crippen LogP contribution in [0.4, 0.5) is 0 Å². The van der Waals surface area contributed by atoms with Crippen LogP contribution in [0.5, 0.6) is 0 Å². The zero-order valence-electron chi connectivity index (χ0n) is 11.0. The topological polar surface area (TPSA) is 12.9 Å². The first-order valence-electron chi connectivity index (χ1n) is 6.71. The normalized spacial score (nSPS) is 21.5. The minimum Gasteiger partial charge on any atom is -0.256 e. The lowest BCUT2D eigenvalue weighted by atomic mass is 9.84. The molecule has 94 valence electrons. The highest BCUT2D eigenvalue weighted by atomic mass is 14.7. The summed E-state index contributed by atoms with van der Waals surface area (Å²) in [7, 11) is 0. The Hall–Kier alpha value is -2.15. The van der Waals surface area contributed by atoms with Crippen LogP contribution >= 0.6 is 0 Å². The van der Waals surface area contributed by atoms with Crippen LogP contribution in [-0.4, -0.2) is 4.98 Å². The number of nitrogens with zero attached hydrogens (tertiary/aromatic N) is 1. The van der Waals surface area contributed by atoms with Gasteiger partial charge in [0.15, 0.2) is 0 Å². The fourth-order valence-corrected chi connectivity index (χ4v) is 2.54. The third-order valence-electron chi connectivity index (χ3n) is 3.67. The van der Waals surface area contributed by atoms with Crippen molar-refractivity contribution in [1.82, 2.24) is 4.98 Å². The van der Waals surface area contributed by atoms with E-state index in [1.165, 1.54) is 11.1 Å². The molecule has 2 aromatic rings. The van der Waals surface area contributed by atoms with Gasteiger partial charge < -0.3 is 0 Å². The first kappa shape index (κ1) is 11.9. The molecule has 2 unspecified atom stereocenters. The van der Waals surface area contributed by atoms with Gasteiger partial charge in [0.1, 0.15) is 0 Å². The molecular formula is C18H17N. The molecule has 2 atom stereocenters. The van der Waals surface area contributed by atoms with Crippen LogP contribution in [0.25, 0.3) is 11.3 Å². The molecule has 0 saturated carbocycles. The number of hydrogen-bond acceptors (Lipinski definition) is 1. The van der Waals surface area contributed by atoms with E-state index in [0.717, 1.165) is 5.69 Å². The minimum atomic E-state index is 0.489. The Labute approximate surface area is 114 Å². The Kier molecular flexibility index (Phi) is 3.28. The Morgan fingerprint density at radius 3 is 2.37 bits per heavy atom. The van der Waals surface area contributed by atoms with E-state index in [-0.39, 0.29) is 0 Å². The number of pyridine rings is 1. The molecule has 0 saturated heterocycles. The maximum atomic E-state index is 4.38. The average molecular weight is 247 g/mol. The molecule has 1 aliphatic rings. The zero-order valence-corrected chi connectivity index (χ0v) is 11.0. The van der Waals surface area contributed by atoms with E-state index in [1.807, 2.05) is 24.4 Å². The van der Waals surface area contributed by atoms with E-state index < -0.39 is 0 Å². The zero-order chi connectivity index (χ0) is 13.1. The Balaban J connectivity index is 1.87. The fraction of sp³-hybridized carbons (Fsp3) is 0.167. The highest BCUT2D eigenvalue weighted by Crippen LogP contribution is 2.30. The third kappa shape index (κ3) is 2.50. The molecule has 0 radical (unpaired) electrons. The SMILES string of the molecule is CC1C=CC=CC1c1ccc(-c2ccccn2)cc1. The summed E-state index contributed by atoms with van der Waals surface area (Å²) in [6.07, 6.45) is 10.6. The van der Waals surface area contributed by atoms with Crippen molar-refractivity contribution in [3.05, 3.63) is 78.5 Å². The quantitative estimate of drug-likeness (QED) is 0.756. The molecular weight excluding hydrogens is 230 g/mol. The molecule has 0 fully saturated rings. The van der Waals surface area contributed by atoms with Crippen LogP contribution in [0.1, 0.15) is 18.4 Å². The summed E-state index contributed by atoms with van der Waals surface area (Å²) in [5.74, 6) is 1.05. The molecule has 1 aromatic carbocycles. The summed E-state index contributed by atoms with van der Waals surface area (Å²) in [5, 5.41) is 0. The Morgan fingerprint density at radius 1 is 0.895 bits per heavy atom. The molecule has 1 heteroatoms. The summed E-state index contributed by atoms with van der Waals surface area (Å²) >= 11 is 0. The lowest BCUT2D eigenvalue weighted by Gasteiger charge is -2.21. The maximum Gasteiger partial charge on any atom is 0.0701 e. The van der Waals surface area contributed by atoms with E-state index in [2.05, 4.69) is 60.5 Å². The fourth-order valence-electron chi connectivity index (χ4n) is 2.54. The number of allylic oxidation sites excluding steroid dienone is 4. The number of rotatable bonds is 2. The first-order chi connectivity index (χ1) is 9.34. The molecule has 1 heterocycles. The number of hydrogen-bond donors (Lipinski definition) is 0. The molecule has 1 nitrogen and oxygen atoms in total. The molecule has 0 spiro atoms. The van der Waals surface area contributed by atoms with E-state index in [4.69, 9.17) is 0 Å². The van der Waals surface area contributed by atoms with Crippen LogP contribution < -0.4 is 0 Å². The van der Waals surface area contributed by atoms with Crippen molar-refractivity contribution in [2.75, 3.05) is 0 Å². The van der Waals surface area contributed by atoms with E-state index in [9.17, 15) is 0 Å². The van der Waals surface area contributed by atoms with Crippen molar-refractivity contribution in [3.8, 4) is 11.3 Å². The van der Waals surface area contributed by atoms with Gasteiger partial charge in [-0.05, 0) is 23.6 Å². The van der Waals surface area contributed by atoms with Gasteiger partial charge in [-0.25, -0.2) is 0 Å². The lowest BCUT2D eigenvalue weighted by Crippen LogP contribution is -2.07. The van der Waals surface area contributed by atoms with Crippen molar-refractivity contribution >= 4 is 0 Å². The average Bonchev–Trinajstić information content (AvgIpc) is 2.49. The van der Waals surface area contributed by atoms with Gasteiger partial charge >= 0.3 is 0 Å². The summed E-state index contributed by atoms with van der Waals surface area (Å²) in [6, 6.07) is 14.8. The first-order valence-corrected chi connectivity index (χ1v) is 6.71. The summed E-state index contributed by atoms with van der Waals surface area (Å²) in [5.41, 5.74) is 3.57. The van der Waals surface area contributed by atoms with Gasteiger partial charge in [0.05, 0.1) is 5.69 Å². The van der Waals surface area contributed by atoms with Crippen LogP contribution in [0.15, 0.2) is 73.0 Å². The lowest BCUT2D eigenvalue weighted by molar-refractivity contribution is 0.635. The molecule has 0 aliphatic heterocycles. The molecule has 0 N–H and O–H groups in total. The van der Waals surface area contributed by atoms with Gasteiger partial charge in [-0.1, -0.05) is 61.6 Å². The van der Waals surface area contributed by atoms with Gasteiger partial charge in [-0.3, -0.25) is 4.98 Å². The largest absolute Gasteiger partial charge is 0.256 e. The molecule has 19 heavy (non-hydrogen) atoms. The minimum absolute atomic E-state index is 0.489. The van der Waals surface area contributed by atoms with Gasteiger partial charge in [-0.15, -0.1) is 0 Å². The van der Waals surface area contributed by atoms with E-state index in [0.29, 0.717) is 11.8 Å². The second-order valence-corrected chi connectivity index (χ2v) is 4.99. The van der Waals surface area contributed by atoms with E-state index >= 15 is 0 Å². The molecule has 1 aliphatic carbocycles. The monoisotopic (exact) mass is 247 g/mol. The van der Waals surface area contributed by atoms with Crippen molar-refractivity contribution in [1.29, 1.82) is 0 Å². The number of benzene rings is 1. The summed E-state index contributed by atoms with van der Waals surface area (Å²) in [6.45, 7) is 2.26. The Bertz CT molecular complexity index is 593. The van der Waals surface area contributed by atoms with Gasteiger partial charge in [0, 0.05) is 17.7 Å². The third-order valence-corrected chi connectivity index (χ3v) is 3.67. The second kappa shape index (κ2) is 5.23. The second-order valence-electron chi connectivity index (χ2n) is 4.99. The summed E-state index contributed by atoms with van der Waals surface area (Å²) < 4.78 is 0. The predicted octanol–water partition coefficient (Wildman–Crippen LogP) is 4.59. The van der Waals surface area contributed by atoms with Gasteiger partial charge in [-0.2, -0.15) is 0 Å². The van der Waals surface area contributed by atoms with Crippen LogP contribution in [0, 0.1) is 5.92 Å². The van der Waals surface area contributed by atoms with Crippen molar-refractivity contribution in [2.24, 2.45) is 5.92 Å². The van der Waals surface area contributed by atoms with Crippen molar-refractivity contribution in [2.45, 2.75) is 12.8 Å². The highest BCUT2D eigenvalue weighted by Gasteiger charge is 2.15. The molecule has 0 amide bonds. The van der Waals surface area contributed by atoms with Crippen molar-refractivity contribution in [3.63, 3.8) is 0 Å². The maximum absolute atomic E-state index is 4.38. The molecule has 3 rings (SSSR count). The van der Waals surface area contributed by atoms with E-state index in [1.54, 1.807) is 0 Å². The van der Waals surface area contributed by atoms with Crippen molar-refractivity contribution < 1.29 is 0 Å². The van der Waals surface area contributed by atoms with Crippen LogP contribution in [0.2, 0.25) is 0 Å². The highest BCUT2D eigenvalue weighted by molar-refractivity contribution is 5.59. The standard InChI is InChI=1S/C18H17N/c1-14-6-2-3-7-17(14)15-9-11-16(12-10-15)18-8-4-5-13-19-18/h2-14,17H,1H3. The predicted molar refractivity (Wildman–Crippen MR) is 79.9 cm³/mol. The van der Waals surface area contributed by atoms with Gasteiger partial charge in [0.25, 0.3) is 0 Å². The van der Waals surface area contributed by atoms with Crippen LogP contribution in [-0.2, 0) is 0 Å². The smallest absolute Gasteiger partial charge is 0.0701 e. The van der Waals surface area contributed by atoms with Gasteiger partial charge in [0.2, 0.25) is 0 Å². The molecule has 1 aromatic heterocycles.